The number of anilines is 1. The normalized spacial score (nSPS) is 11.3. The van der Waals surface area contributed by atoms with Gasteiger partial charge in [-0.05, 0) is 54.3 Å². The number of carbonyl (C=O) groups is 2. The van der Waals surface area contributed by atoms with Crippen LogP contribution in [0.25, 0.3) is 0 Å². The van der Waals surface area contributed by atoms with E-state index in [1.807, 2.05) is 42.5 Å². The van der Waals surface area contributed by atoms with Crippen LogP contribution in [0.2, 0.25) is 0 Å². The summed E-state index contributed by atoms with van der Waals surface area (Å²) in [7, 11) is 0. The monoisotopic (exact) mass is 444 g/mol. The van der Waals surface area contributed by atoms with Crippen molar-refractivity contribution < 1.29 is 14.3 Å². The number of amides is 1. The zero-order valence-electron chi connectivity index (χ0n) is 18.0. The van der Waals surface area contributed by atoms with Crippen molar-refractivity contribution in [1.82, 2.24) is 0 Å². The predicted octanol–water partition coefficient (Wildman–Crippen LogP) is 6.02. The minimum Gasteiger partial charge on any atom is -0.452 e. The summed E-state index contributed by atoms with van der Waals surface area (Å²) in [5.74, 6) is -0.543. The fraction of sp³-hybridized carbons (Fsp3) is 0.192. The third kappa shape index (κ3) is 5.99. The number of nitrogens with one attached hydrogen (secondary N) is 1. The van der Waals surface area contributed by atoms with Crippen LogP contribution in [0.3, 0.4) is 0 Å². The van der Waals surface area contributed by atoms with E-state index in [0.717, 1.165) is 11.3 Å². The molecular weight excluding hydrogens is 420 g/mol. The maximum absolute atomic E-state index is 12.6. The molecule has 0 aliphatic carbocycles. The smallest absolute Gasteiger partial charge is 0.339 e. The Hall–Kier alpha value is -3.56. The van der Waals surface area contributed by atoms with Gasteiger partial charge in [-0.15, -0.1) is 0 Å². The molecule has 1 N–H and O–H groups in total. The van der Waals surface area contributed by atoms with E-state index < -0.39 is 11.9 Å². The molecule has 0 bridgehead atoms. The Labute approximate surface area is 192 Å². The van der Waals surface area contributed by atoms with Crippen LogP contribution in [0.4, 0.5) is 5.69 Å². The molecule has 5 nitrogen and oxygen atoms in total. The molecule has 0 aromatic heterocycles. The fourth-order valence-electron chi connectivity index (χ4n) is 3.03. The van der Waals surface area contributed by atoms with Crippen molar-refractivity contribution in [2.75, 3.05) is 11.9 Å². The lowest BCUT2D eigenvalue weighted by Crippen LogP contribution is -2.21. The molecular formula is C26H24N2O3S. The average molecular weight is 445 g/mol. The first-order valence-electron chi connectivity index (χ1n) is 10.3. The lowest BCUT2D eigenvalue weighted by Gasteiger charge is -2.12. The Morgan fingerprint density at radius 3 is 2.34 bits per heavy atom. The van der Waals surface area contributed by atoms with Gasteiger partial charge in [-0.1, -0.05) is 62.0 Å². The summed E-state index contributed by atoms with van der Waals surface area (Å²) in [5, 5.41) is 12.0. The fourth-order valence-corrected chi connectivity index (χ4v) is 4.04. The van der Waals surface area contributed by atoms with Crippen molar-refractivity contribution in [2.45, 2.75) is 36.0 Å². The first-order valence-corrected chi connectivity index (χ1v) is 11.2. The summed E-state index contributed by atoms with van der Waals surface area (Å²) in [4.78, 5) is 26.3. The van der Waals surface area contributed by atoms with Gasteiger partial charge < -0.3 is 10.1 Å². The van der Waals surface area contributed by atoms with E-state index in [1.165, 1.54) is 17.3 Å². The third-order valence-electron chi connectivity index (χ3n) is 5.04. The highest BCUT2D eigenvalue weighted by atomic mass is 32.2. The topological polar surface area (TPSA) is 79.2 Å². The van der Waals surface area contributed by atoms with E-state index in [-0.39, 0.29) is 6.61 Å². The van der Waals surface area contributed by atoms with Crippen molar-refractivity contribution in [2.24, 2.45) is 0 Å². The van der Waals surface area contributed by atoms with Gasteiger partial charge in [-0.25, -0.2) is 4.79 Å². The number of carbonyl (C=O) groups excluding carboxylic acids is 2. The van der Waals surface area contributed by atoms with Crippen LogP contribution in [0.15, 0.2) is 82.6 Å². The second-order valence-electron chi connectivity index (χ2n) is 7.26. The van der Waals surface area contributed by atoms with Crippen molar-refractivity contribution in [3.63, 3.8) is 0 Å². The minimum atomic E-state index is -0.593. The molecule has 0 unspecified atom stereocenters. The van der Waals surface area contributed by atoms with E-state index in [1.54, 1.807) is 30.3 Å². The van der Waals surface area contributed by atoms with E-state index in [4.69, 9.17) is 4.74 Å². The second kappa shape index (κ2) is 11.2. The molecule has 3 rings (SSSR count). The van der Waals surface area contributed by atoms with Crippen LogP contribution in [-0.2, 0) is 9.53 Å². The van der Waals surface area contributed by atoms with E-state index in [2.05, 4.69) is 25.2 Å². The molecule has 6 heteroatoms. The zero-order chi connectivity index (χ0) is 22.9. The van der Waals surface area contributed by atoms with Crippen LogP contribution >= 0.6 is 11.8 Å². The molecule has 3 aromatic carbocycles. The average Bonchev–Trinajstić information content (AvgIpc) is 2.83. The summed E-state index contributed by atoms with van der Waals surface area (Å²) >= 11 is 1.31. The maximum Gasteiger partial charge on any atom is 0.339 e. The van der Waals surface area contributed by atoms with Gasteiger partial charge in [0, 0.05) is 15.5 Å². The number of benzene rings is 3. The molecule has 0 saturated heterocycles. The highest BCUT2D eigenvalue weighted by Gasteiger charge is 2.16. The Balaban J connectivity index is 1.62. The van der Waals surface area contributed by atoms with Gasteiger partial charge in [-0.3, -0.25) is 4.79 Å². The third-order valence-corrected chi connectivity index (χ3v) is 6.20. The van der Waals surface area contributed by atoms with Gasteiger partial charge in [0.1, 0.15) is 6.07 Å². The highest BCUT2D eigenvalue weighted by molar-refractivity contribution is 7.99. The van der Waals surface area contributed by atoms with Crippen molar-refractivity contribution in [3.8, 4) is 6.07 Å². The molecule has 0 saturated carbocycles. The number of nitrogens with zero attached hydrogens (tertiary/aromatic N) is 1. The van der Waals surface area contributed by atoms with Gasteiger partial charge in [-0.2, -0.15) is 5.26 Å². The summed E-state index contributed by atoms with van der Waals surface area (Å²) in [6.07, 6.45) is 1.05. The van der Waals surface area contributed by atoms with Gasteiger partial charge in [0.25, 0.3) is 5.91 Å². The van der Waals surface area contributed by atoms with Crippen LogP contribution in [0.1, 0.15) is 47.7 Å². The summed E-state index contributed by atoms with van der Waals surface area (Å²) in [6, 6.07) is 24.0. The van der Waals surface area contributed by atoms with Crippen LogP contribution < -0.4 is 5.32 Å². The molecule has 0 spiro atoms. The molecule has 3 aromatic rings. The Kier molecular flexibility index (Phi) is 8.07. The minimum absolute atomic E-state index is 0.343. The Bertz CT molecular complexity index is 1140. The molecule has 162 valence electrons. The van der Waals surface area contributed by atoms with E-state index in [9.17, 15) is 14.9 Å². The molecule has 0 aliphatic heterocycles. The molecule has 0 heterocycles. The highest BCUT2D eigenvalue weighted by Crippen LogP contribution is 2.32. The van der Waals surface area contributed by atoms with Gasteiger partial charge in [0.05, 0.1) is 11.1 Å². The number of ether oxygens (including phenoxy) is 1. The van der Waals surface area contributed by atoms with Crippen LogP contribution in [-0.4, -0.2) is 18.5 Å². The SMILES string of the molecule is CC[C@@H](C)c1ccc(NC(=O)COC(=O)c2ccccc2Sc2ccccc2C#N)cc1. The molecule has 32 heavy (non-hydrogen) atoms. The number of hydrogen-bond donors (Lipinski definition) is 1. The first-order chi connectivity index (χ1) is 15.5. The number of rotatable bonds is 8. The molecule has 0 fully saturated rings. The van der Waals surface area contributed by atoms with E-state index >= 15 is 0 Å². The quantitative estimate of drug-likeness (QED) is 0.430. The second-order valence-corrected chi connectivity index (χ2v) is 8.35. The standard InChI is InChI=1S/C26H24N2O3S/c1-3-18(2)19-12-14-21(15-13-19)28-25(29)17-31-26(30)22-9-5-7-11-24(22)32-23-10-6-4-8-20(23)16-27/h4-15,18H,3,17H2,1-2H3,(H,28,29)/t18-/m1/s1. The van der Waals surface area contributed by atoms with Gasteiger partial charge in [0.2, 0.25) is 0 Å². The summed E-state index contributed by atoms with van der Waals surface area (Å²) < 4.78 is 5.25. The maximum atomic E-state index is 12.6. The number of hydrogen-bond acceptors (Lipinski definition) is 5. The van der Waals surface area contributed by atoms with Crippen molar-refractivity contribution in [3.05, 3.63) is 89.5 Å². The van der Waals surface area contributed by atoms with E-state index in [0.29, 0.717) is 27.6 Å². The van der Waals surface area contributed by atoms with Gasteiger partial charge in [0.15, 0.2) is 6.61 Å². The lowest BCUT2D eigenvalue weighted by molar-refractivity contribution is -0.119. The molecule has 0 aliphatic rings. The van der Waals surface area contributed by atoms with Crippen molar-refractivity contribution >= 4 is 29.3 Å². The predicted molar refractivity (Wildman–Crippen MR) is 126 cm³/mol. The lowest BCUT2D eigenvalue weighted by atomic mass is 9.99. The Morgan fingerprint density at radius 1 is 1.00 bits per heavy atom. The van der Waals surface area contributed by atoms with Gasteiger partial charge >= 0.3 is 5.97 Å². The van der Waals surface area contributed by atoms with Crippen LogP contribution in [0, 0.1) is 11.3 Å². The summed E-state index contributed by atoms with van der Waals surface area (Å²) in [5.41, 5.74) is 2.74. The molecule has 1 amide bonds. The first kappa shape index (κ1) is 23.1. The Morgan fingerprint density at radius 2 is 1.66 bits per heavy atom. The molecule has 1 atom stereocenters. The zero-order valence-corrected chi connectivity index (χ0v) is 18.8. The largest absolute Gasteiger partial charge is 0.452 e. The number of esters is 1. The van der Waals surface area contributed by atoms with Crippen molar-refractivity contribution in [1.29, 1.82) is 5.26 Å². The molecule has 0 radical (unpaired) electrons. The number of nitriles is 1. The van der Waals surface area contributed by atoms with Crippen LogP contribution in [0.5, 0.6) is 0 Å². The summed E-state index contributed by atoms with van der Waals surface area (Å²) in [6.45, 7) is 3.90.